The van der Waals surface area contributed by atoms with Gasteiger partial charge in [-0.05, 0) is 24.5 Å². The Bertz CT molecular complexity index is 867. The molecule has 8 heteroatoms. The molecular weight excluding hydrogens is 424 g/mol. The number of rotatable bonds is 13. The van der Waals surface area contributed by atoms with Crippen molar-refractivity contribution < 1.29 is 14.4 Å². The predicted octanol–water partition coefficient (Wildman–Crippen LogP) is 4.12. The van der Waals surface area contributed by atoms with Crippen LogP contribution in [0.25, 0.3) is 0 Å². The summed E-state index contributed by atoms with van der Waals surface area (Å²) in [5.41, 5.74) is 1.17. The fourth-order valence-corrected chi connectivity index (χ4v) is 3.93. The summed E-state index contributed by atoms with van der Waals surface area (Å²) in [4.78, 5) is 43.4. The molecule has 0 atom stereocenters. The number of hydrogen-bond acceptors (Lipinski definition) is 5. The van der Waals surface area contributed by atoms with Gasteiger partial charge in [0.2, 0.25) is 11.8 Å². The molecule has 0 aliphatic rings. The van der Waals surface area contributed by atoms with Crippen LogP contribution in [0.5, 0.6) is 0 Å². The molecule has 174 valence electrons. The Morgan fingerprint density at radius 1 is 1.06 bits per heavy atom. The first kappa shape index (κ1) is 25.5. The lowest BCUT2D eigenvalue weighted by molar-refractivity contribution is -0.120. The number of unbranched alkanes of at least 4 members (excludes halogenated alkanes) is 3. The van der Waals surface area contributed by atoms with Crippen LogP contribution in [-0.4, -0.2) is 47.2 Å². The number of nitrogens with zero attached hydrogens (tertiary/aromatic N) is 2. The fourth-order valence-electron chi connectivity index (χ4n) is 3.21. The highest BCUT2D eigenvalue weighted by Gasteiger charge is 2.20. The molecule has 0 unspecified atom stereocenters. The van der Waals surface area contributed by atoms with E-state index in [2.05, 4.69) is 22.5 Å². The first-order valence-electron chi connectivity index (χ1n) is 11.2. The molecule has 0 spiro atoms. The van der Waals surface area contributed by atoms with Gasteiger partial charge in [-0.25, -0.2) is 4.98 Å². The van der Waals surface area contributed by atoms with Crippen LogP contribution in [0.1, 0.15) is 62.5 Å². The van der Waals surface area contributed by atoms with Crippen LogP contribution in [0.2, 0.25) is 0 Å². The number of aromatic nitrogens is 1. The summed E-state index contributed by atoms with van der Waals surface area (Å²) >= 11 is 1.27. The van der Waals surface area contributed by atoms with Crippen molar-refractivity contribution in [2.45, 2.75) is 52.9 Å². The summed E-state index contributed by atoms with van der Waals surface area (Å²) in [5.74, 6) is -0.329. The Balaban J connectivity index is 1.86. The van der Waals surface area contributed by atoms with Gasteiger partial charge in [0.25, 0.3) is 5.91 Å². The van der Waals surface area contributed by atoms with Gasteiger partial charge in [-0.15, -0.1) is 11.3 Å². The number of carbonyl (C=O) groups excluding carboxylic acids is 3. The molecule has 0 bridgehead atoms. The number of hydrogen-bond donors (Lipinski definition) is 2. The second-order valence-electron chi connectivity index (χ2n) is 8.23. The van der Waals surface area contributed by atoms with Gasteiger partial charge in [0.15, 0.2) is 5.13 Å². The first-order chi connectivity index (χ1) is 15.4. The van der Waals surface area contributed by atoms with E-state index < -0.39 is 0 Å². The first-order valence-corrected chi connectivity index (χ1v) is 12.1. The Hall–Kier alpha value is -2.74. The van der Waals surface area contributed by atoms with Gasteiger partial charge < -0.3 is 15.5 Å². The molecule has 2 aromatic rings. The number of nitrogens with one attached hydrogen (secondary N) is 2. The summed E-state index contributed by atoms with van der Waals surface area (Å²) in [7, 11) is 0. The van der Waals surface area contributed by atoms with E-state index in [1.54, 1.807) is 34.5 Å². The molecule has 32 heavy (non-hydrogen) atoms. The van der Waals surface area contributed by atoms with Crippen molar-refractivity contribution in [1.82, 2.24) is 15.2 Å². The van der Waals surface area contributed by atoms with Crippen molar-refractivity contribution >= 4 is 34.2 Å². The van der Waals surface area contributed by atoms with Gasteiger partial charge >= 0.3 is 0 Å². The normalized spacial score (nSPS) is 10.8. The highest BCUT2D eigenvalue weighted by molar-refractivity contribution is 7.13. The maximum Gasteiger partial charge on any atom is 0.254 e. The average Bonchev–Trinajstić information content (AvgIpc) is 3.19. The van der Waals surface area contributed by atoms with E-state index in [1.165, 1.54) is 17.8 Å². The van der Waals surface area contributed by atoms with Gasteiger partial charge in [-0.2, -0.15) is 0 Å². The molecule has 0 radical (unpaired) electrons. The van der Waals surface area contributed by atoms with Crippen molar-refractivity contribution in [1.29, 1.82) is 0 Å². The molecule has 7 nitrogen and oxygen atoms in total. The summed E-state index contributed by atoms with van der Waals surface area (Å²) in [6, 6.07) is 8.95. The standard InChI is InChI=1S/C24H34N4O3S/c1-4-5-6-10-13-25-21(29)14-20-17-32-24(26-20)27-22(30)16-28(15-18(2)3)23(31)19-11-8-7-9-12-19/h7-9,11-12,17-18H,4-6,10,13-16H2,1-3H3,(H,25,29)(H,26,27,30). The number of benzene rings is 1. The minimum atomic E-state index is -0.309. The van der Waals surface area contributed by atoms with Gasteiger partial charge in [0, 0.05) is 24.0 Å². The largest absolute Gasteiger partial charge is 0.356 e. The maximum atomic E-state index is 12.8. The fraction of sp³-hybridized carbons (Fsp3) is 0.500. The number of anilines is 1. The Labute approximate surface area is 194 Å². The quantitative estimate of drug-likeness (QED) is 0.442. The van der Waals surface area contributed by atoms with Crippen LogP contribution in [0.4, 0.5) is 5.13 Å². The van der Waals surface area contributed by atoms with Crippen molar-refractivity contribution in [3.63, 3.8) is 0 Å². The molecule has 2 rings (SSSR count). The third kappa shape index (κ3) is 9.18. The van der Waals surface area contributed by atoms with Gasteiger partial charge in [0.05, 0.1) is 12.1 Å². The lowest BCUT2D eigenvalue weighted by atomic mass is 10.1. The van der Waals surface area contributed by atoms with Crippen LogP contribution in [0.3, 0.4) is 0 Å². The maximum absolute atomic E-state index is 12.8. The van der Waals surface area contributed by atoms with E-state index in [9.17, 15) is 14.4 Å². The monoisotopic (exact) mass is 458 g/mol. The molecule has 0 aliphatic carbocycles. The zero-order valence-corrected chi connectivity index (χ0v) is 20.0. The third-order valence-electron chi connectivity index (χ3n) is 4.72. The van der Waals surface area contributed by atoms with Crippen molar-refractivity contribution in [3.8, 4) is 0 Å². The second kappa shape index (κ2) is 13.6. The average molecular weight is 459 g/mol. The van der Waals surface area contributed by atoms with Crippen LogP contribution in [0.15, 0.2) is 35.7 Å². The Kier molecular flexibility index (Phi) is 10.9. The molecule has 1 heterocycles. The SMILES string of the molecule is CCCCCCNC(=O)Cc1csc(NC(=O)CN(CC(C)C)C(=O)c2ccccc2)n1. The smallest absolute Gasteiger partial charge is 0.254 e. The lowest BCUT2D eigenvalue weighted by Crippen LogP contribution is -2.40. The molecule has 0 fully saturated rings. The summed E-state index contributed by atoms with van der Waals surface area (Å²) in [6.07, 6.45) is 4.62. The highest BCUT2D eigenvalue weighted by Crippen LogP contribution is 2.16. The van der Waals surface area contributed by atoms with E-state index in [4.69, 9.17) is 0 Å². The topological polar surface area (TPSA) is 91.4 Å². The van der Waals surface area contributed by atoms with E-state index in [-0.39, 0.29) is 36.6 Å². The molecule has 1 aromatic carbocycles. The Morgan fingerprint density at radius 2 is 1.81 bits per heavy atom. The summed E-state index contributed by atoms with van der Waals surface area (Å²) in [6.45, 7) is 7.26. The lowest BCUT2D eigenvalue weighted by Gasteiger charge is -2.24. The predicted molar refractivity (Wildman–Crippen MR) is 129 cm³/mol. The zero-order valence-electron chi connectivity index (χ0n) is 19.2. The second-order valence-corrected chi connectivity index (χ2v) is 9.08. The van der Waals surface area contributed by atoms with Crippen LogP contribution in [-0.2, 0) is 16.0 Å². The van der Waals surface area contributed by atoms with Crippen molar-refractivity contribution in [3.05, 3.63) is 47.0 Å². The number of carbonyl (C=O) groups is 3. The Morgan fingerprint density at radius 3 is 2.50 bits per heavy atom. The molecule has 3 amide bonds. The van der Waals surface area contributed by atoms with Crippen molar-refractivity contribution in [2.24, 2.45) is 5.92 Å². The number of thiazole rings is 1. The molecule has 0 saturated carbocycles. The van der Waals surface area contributed by atoms with Gasteiger partial charge in [-0.3, -0.25) is 14.4 Å². The minimum Gasteiger partial charge on any atom is -0.356 e. The van der Waals surface area contributed by atoms with E-state index in [1.807, 2.05) is 19.9 Å². The van der Waals surface area contributed by atoms with E-state index in [0.717, 1.165) is 19.3 Å². The summed E-state index contributed by atoms with van der Waals surface area (Å²) in [5, 5.41) is 7.86. The molecule has 1 aromatic heterocycles. The van der Waals surface area contributed by atoms with Gasteiger partial charge in [0.1, 0.15) is 6.54 Å². The zero-order chi connectivity index (χ0) is 23.3. The highest BCUT2D eigenvalue weighted by atomic mass is 32.1. The van der Waals surface area contributed by atoms with Crippen molar-refractivity contribution in [2.75, 3.05) is 25.0 Å². The number of amides is 3. The molecule has 0 aliphatic heterocycles. The van der Waals surface area contributed by atoms with Gasteiger partial charge in [-0.1, -0.05) is 58.2 Å². The van der Waals surface area contributed by atoms with Crippen LogP contribution < -0.4 is 10.6 Å². The van der Waals surface area contributed by atoms with Crippen LogP contribution >= 0.6 is 11.3 Å². The molecular formula is C24H34N4O3S. The summed E-state index contributed by atoms with van der Waals surface area (Å²) < 4.78 is 0. The third-order valence-corrected chi connectivity index (χ3v) is 5.53. The molecule has 2 N–H and O–H groups in total. The minimum absolute atomic E-state index is 0.0565. The molecule has 0 saturated heterocycles. The van der Waals surface area contributed by atoms with E-state index in [0.29, 0.717) is 29.5 Å². The van der Waals surface area contributed by atoms with E-state index >= 15 is 0 Å². The van der Waals surface area contributed by atoms with Crippen LogP contribution in [0, 0.1) is 5.92 Å².